The summed E-state index contributed by atoms with van der Waals surface area (Å²) in [5, 5.41) is 3.22. The standard InChI is InChI=1S/C20H26N2O4/c1-6-26-20(24)17-12(2)18(22-13(17)3)19(23)14(4)21-11-15-7-9-16(25-5)10-8-15/h7-10,14,21-22H,6,11H2,1-5H3. The third-order valence-corrected chi connectivity index (χ3v) is 4.33. The highest BCUT2D eigenvalue weighted by molar-refractivity contribution is 6.03. The Morgan fingerprint density at radius 3 is 2.42 bits per heavy atom. The quantitative estimate of drug-likeness (QED) is 0.560. The normalized spacial score (nSPS) is 11.9. The Balaban J connectivity index is 2.07. The molecule has 2 aromatic rings. The molecule has 1 aromatic heterocycles. The number of benzene rings is 1. The summed E-state index contributed by atoms with van der Waals surface area (Å²) < 4.78 is 10.2. The molecule has 0 aliphatic heterocycles. The summed E-state index contributed by atoms with van der Waals surface area (Å²) in [7, 11) is 1.62. The molecular weight excluding hydrogens is 332 g/mol. The van der Waals surface area contributed by atoms with Crippen molar-refractivity contribution in [2.24, 2.45) is 0 Å². The smallest absolute Gasteiger partial charge is 0.340 e. The molecule has 1 heterocycles. The molecule has 0 aliphatic carbocycles. The zero-order valence-electron chi connectivity index (χ0n) is 15.9. The minimum absolute atomic E-state index is 0.0883. The molecule has 1 aromatic carbocycles. The van der Waals surface area contributed by atoms with Crippen LogP contribution in [0.15, 0.2) is 24.3 Å². The van der Waals surface area contributed by atoms with E-state index in [1.807, 2.05) is 31.2 Å². The molecule has 6 nitrogen and oxygen atoms in total. The van der Waals surface area contributed by atoms with Gasteiger partial charge in [0.25, 0.3) is 0 Å². The number of esters is 1. The summed E-state index contributed by atoms with van der Waals surface area (Å²) in [5.74, 6) is 0.299. The second-order valence-corrected chi connectivity index (χ2v) is 6.16. The van der Waals surface area contributed by atoms with Crippen LogP contribution in [0.1, 0.15) is 51.5 Å². The maximum Gasteiger partial charge on any atom is 0.340 e. The lowest BCUT2D eigenvalue weighted by Crippen LogP contribution is -2.34. The van der Waals surface area contributed by atoms with Crippen molar-refractivity contribution in [2.75, 3.05) is 13.7 Å². The molecule has 1 atom stereocenters. The number of carbonyl (C=O) groups excluding carboxylic acids is 2. The van der Waals surface area contributed by atoms with E-state index < -0.39 is 12.0 Å². The highest BCUT2D eigenvalue weighted by atomic mass is 16.5. The first-order chi connectivity index (χ1) is 12.4. The van der Waals surface area contributed by atoms with Gasteiger partial charge in [0.1, 0.15) is 5.75 Å². The monoisotopic (exact) mass is 358 g/mol. The van der Waals surface area contributed by atoms with Crippen molar-refractivity contribution in [2.45, 2.75) is 40.3 Å². The number of Topliss-reactive ketones (excluding diaryl/α,β-unsaturated/α-hetero) is 1. The third kappa shape index (κ3) is 4.32. The lowest BCUT2D eigenvalue weighted by Gasteiger charge is -2.13. The van der Waals surface area contributed by atoms with Gasteiger partial charge >= 0.3 is 5.97 Å². The van der Waals surface area contributed by atoms with Gasteiger partial charge < -0.3 is 19.8 Å². The van der Waals surface area contributed by atoms with E-state index in [-0.39, 0.29) is 5.78 Å². The fourth-order valence-corrected chi connectivity index (χ4v) is 2.83. The van der Waals surface area contributed by atoms with Crippen molar-refractivity contribution in [1.29, 1.82) is 0 Å². The Morgan fingerprint density at radius 2 is 1.85 bits per heavy atom. The van der Waals surface area contributed by atoms with Gasteiger partial charge in [0.15, 0.2) is 5.78 Å². The third-order valence-electron chi connectivity index (χ3n) is 4.33. The van der Waals surface area contributed by atoms with Crippen LogP contribution in [0.5, 0.6) is 5.75 Å². The van der Waals surface area contributed by atoms with Crippen molar-refractivity contribution in [1.82, 2.24) is 10.3 Å². The highest BCUT2D eigenvalue weighted by Gasteiger charge is 2.25. The van der Waals surface area contributed by atoms with E-state index >= 15 is 0 Å². The summed E-state index contributed by atoms with van der Waals surface area (Å²) in [6.07, 6.45) is 0. The van der Waals surface area contributed by atoms with Crippen LogP contribution in [0.4, 0.5) is 0 Å². The SMILES string of the molecule is CCOC(=O)c1c(C)[nH]c(C(=O)C(C)NCc2ccc(OC)cc2)c1C. The topological polar surface area (TPSA) is 80.4 Å². The van der Waals surface area contributed by atoms with Crippen LogP contribution in [0.3, 0.4) is 0 Å². The summed E-state index contributed by atoms with van der Waals surface area (Å²) in [6, 6.07) is 7.27. The van der Waals surface area contributed by atoms with Crippen LogP contribution in [0.25, 0.3) is 0 Å². The van der Waals surface area contributed by atoms with E-state index in [1.54, 1.807) is 27.9 Å². The number of hydrogen-bond acceptors (Lipinski definition) is 5. The summed E-state index contributed by atoms with van der Waals surface area (Å²) >= 11 is 0. The predicted octanol–water partition coefficient (Wildman–Crippen LogP) is 3.18. The molecule has 0 radical (unpaired) electrons. The van der Waals surface area contributed by atoms with Crippen LogP contribution >= 0.6 is 0 Å². The Bertz CT molecular complexity index is 778. The van der Waals surface area contributed by atoms with Crippen molar-refractivity contribution >= 4 is 11.8 Å². The largest absolute Gasteiger partial charge is 0.497 e. The Morgan fingerprint density at radius 1 is 1.19 bits per heavy atom. The second kappa shape index (κ2) is 8.67. The van der Waals surface area contributed by atoms with Crippen LogP contribution in [-0.4, -0.2) is 36.5 Å². The molecule has 1 unspecified atom stereocenters. The molecule has 2 rings (SSSR count). The number of carbonyl (C=O) groups is 2. The number of aromatic amines is 1. The molecule has 0 spiro atoms. The van der Waals surface area contributed by atoms with E-state index in [2.05, 4.69) is 10.3 Å². The van der Waals surface area contributed by atoms with Gasteiger partial charge in [0.2, 0.25) is 0 Å². The molecule has 0 saturated carbocycles. The van der Waals surface area contributed by atoms with E-state index in [0.29, 0.717) is 35.7 Å². The average molecular weight is 358 g/mol. The number of rotatable bonds is 8. The van der Waals surface area contributed by atoms with Gasteiger partial charge in [-0.05, 0) is 51.0 Å². The van der Waals surface area contributed by atoms with Crippen molar-refractivity contribution in [3.8, 4) is 5.75 Å². The van der Waals surface area contributed by atoms with Crippen molar-refractivity contribution in [3.05, 3.63) is 52.3 Å². The van der Waals surface area contributed by atoms with Gasteiger partial charge in [-0.3, -0.25) is 4.79 Å². The fraction of sp³-hybridized carbons (Fsp3) is 0.400. The number of ketones is 1. The van der Waals surface area contributed by atoms with Gasteiger partial charge in [-0.15, -0.1) is 0 Å². The number of methoxy groups -OCH3 is 1. The first-order valence-corrected chi connectivity index (χ1v) is 8.65. The fourth-order valence-electron chi connectivity index (χ4n) is 2.83. The van der Waals surface area contributed by atoms with Gasteiger partial charge in [-0.25, -0.2) is 4.79 Å². The molecule has 140 valence electrons. The van der Waals surface area contributed by atoms with E-state index in [1.165, 1.54) is 0 Å². The molecule has 0 bridgehead atoms. The Labute approximate surface area is 153 Å². The lowest BCUT2D eigenvalue weighted by atomic mass is 10.0. The molecule has 0 aliphatic rings. The molecule has 0 fully saturated rings. The van der Waals surface area contributed by atoms with Gasteiger partial charge in [-0.2, -0.15) is 0 Å². The first-order valence-electron chi connectivity index (χ1n) is 8.65. The number of H-pyrrole nitrogens is 1. The number of hydrogen-bond donors (Lipinski definition) is 2. The zero-order chi connectivity index (χ0) is 19.3. The van der Waals surface area contributed by atoms with E-state index in [4.69, 9.17) is 9.47 Å². The number of aryl methyl sites for hydroxylation is 1. The maximum absolute atomic E-state index is 12.8. The van der Waals surface area contributed by atoms with E-state index in [0.717, 1.165) is 11.3 Å². The van der Waals surface area contributed by atoms with Crippen molar-refractivity contribution in [3.63, 3.8) is 0 Å². The van der Waals surface area contributed by atoms with Gasteiger partial charge in [-0.1, -0.05) is 12.1 Å². The van der Waals surface area contributed by atoms with Crippen LogP contribution in [0, 0.1) is 13.8 Å². The summed E-state index contributed by atoms with van der Waals surface area (Å²) in [5.41, 5.74) is 3.21. The van der Waals surface area contributed by atoms with Crippen LogP contribution in [-0.2, 0) is 11.3 Å². The van der Waals surface area contributed by atoms with Crippen LogP contribution in [0.2, 0.25) is 0 Å². The molecule has 0 saturated heterocycles. The first kappa shape index (κ1) is 19.7. The molecule has 26 heavy (non-hydrogen) atoms. The van der Waals surface area contributed by atoms with Gasteiger partial charge in [0, 0.05) is 12.2 Å². The minimum Gasteiger partial charge on any atom is -0.497 e. The second-order valence-electron chi connectivity index (χ2n) is 6.16. The Hall–Kier alpha value is -2.60. The molecule has 0 amide bonds. The van der Waals surface area contributed by atoms with Gasteiger partial charge in [0.05, 0.1) is 31.0 Å². The Kier molecular flexibility index (Phi) is 6.58. The molecule has 6 heteroatoms. The van der Waals surface area contributed by atoms with E-state index in [9.17, 15) is 9.59 Å². The predicted molar refractivity (Wildman–Crippen MR) is 99.8 cm³/mol. The zero-order valence-corrected chi connectivity index (χ0v) is 15.9. The molecule has 2 N–H and O–H groups in total. The van der Waals surface area contributed by atoms with Crippen LogP contribution < -0.4 is 10.1 Å². The van der Waals surface area contributed by atoms with Crippen molar-refractivity contribution < 1.29 is 19.1 Å². The highest BCUT2D eigenvalue weighted by Crippen LogP contribution is 2.20. The summed E-state index contributed by atoms with van der Waals surface area (Å²) in [6.45, 7) is 7.95. The lowest BCUT2D eigenvalue weighted by molar-refractivity contribution is 0.0525. The number of nitrogens with one attached hydrogen (secondary N) is 2. The molecular formula is C20H26N2O4. The maximum atomic E-state index is 12.8. The summed E-state index contributed by atoms with van der Waals surface area (Å²) in [4.78, 5) is 27.9. The average Bonchev–Trinajstić information content (AvgIpc) is 2.94. The number of ether oxygens (including phenoxy) is 2. The number of aromatic nitrogens is 1. The minimum atomic E-state index is -0.406.